The molecule has 4 aromatic heterocycles. The highest BCUT2D eigenvalue weighted by Crippen LogP contribution is 2.38. The van der Waals surface area contributed by atoms with Crippen molar-refractivity contribution in [3.63, 3.8) is 0 Å². The summed E-state index contributed by atoms with van der Waals surface area (Å²) in [6, 6.07) is 16.1. The summed E-state index contributed by atoms with van der Waals surface area (Å²) in [6.07, 6.45) is 33.3. The van der Waals surface area contributed by atoms with E-state index in [1.165, 1.54) is 7.11 Å². The Bertz CT molecular complexity index is 2600. The second kappa shape index (κ2) is 15.2. The largest absolute Gasteiger partial charge is 0.469 e. The predicted octanol–water partition coefficient (Wildman–Crippen LogP) is 7.50. The molecule has 56 heavy (non-hydrogen) atoms. The molecule has 270 valence electrons. The number of esters is 1. The molecule has 0 N–H and O–H groups in total. The average Bonchev–Trinajstić information content (AvgIpc) is 4.09. The van der Waals surface area contributed by atoms with Crippen molar-refractivity contribution < 1.29 is 14.1 Å². The Hall–Kier alpha value is -7.33. The molecule has 0 saturated heterocycles. The molecule has 9 rings (SSSR count). The van der Waals surface area contributed by atoms with Gasteiger partial charge in [-0.25, -0.2) is 24.5 Å². The van der Waals surface area contributed by atoms with E-state index in [-0.39, 0.29) is 5.97 Å². The topological polar surface area (TPSA) is 118 Å². The van der Waals surface area contributed by atoms with Crippen molar-refractivity contribution in [1.82, 2.24) is 15.0 Å². The lowest BCUT2D eigenvalue weighted by molar-refractivity contribution is -0.697. The average molecular weight is 732 g/mol. The monoisotopic (exact) mass is 731 g/mol. The lowest BCUT2D eigenvalue weighted by Crippen LogP contribution is -2.32. The second-order valence-electron chi connectivity index (χ2n) is 13.4. The molecule has 0 atom stereocenters. The third kappa shape index (κ3) is 6.80. The lowest BCUT2D eigenvalue weighted by Gasteiger charge is -2.12. The molecule has 10 nitrogen and oxygen atoms in total. The molecule has 5 aliphatic rings. The van der Waals surface area contributed by atoms with Crippen molar-refractivity contribution in [2.24, 2.45) is 20.0 Å². The van der Waals surface area contributed by atoms with E-state index < -0.39 is 0 Å². The maximum atomic E-state index is 11.6. The van der Waals surface area contributed by atoms with Gasteiger partial charge in [0, 0.05) is 84.4 Å². The Morgan fingerprint density at radius 1 is 0.482 bits per heavy atom. The highest BCUT2D eigenvalue weighted by Gasteiger charge is 2.27. The van der Waals surface area contributed by atoms with Crippen LogP contribution >= 0.6 is 0 Å². The summed E-state index contributed by atoms with van der Waals surface area (Å²) in [7, 11) is 1.42. The Kier molecular flexibility index (Phi) is 9.34. The van der Waals surface area contributed by atoms with Crippen molar-refractivity contribution >= 4 is 51.1 Å². The van der Waals surface area contributed by atoms with Gasteiger partial charge in [-0.2, -0.15) is 0 Å². The van der Waals surface area contributed by atoms with E-state index in [0.29, 0.717) is 6.42 Å². The summed E-state index contributed by atoms with van der Waals surface area (Å²) in [5.41, 5.74) is 13.7. The van der Waals surface area contributed by atoms with E-state index in [0.717, 1.165) is 110 Å². The zero-order chi connectivity index (χ0) is 37.8. The zero-order valence-electron chi connectivity index (χ0n) is 30.6. The fourth-order valence-corrected chi connectivity index (χ4v) is 7.27. The van der Waals surface area contributed by atoms with Crippen molar-refractivity contribution in [3.05, 3.63) is 192 Å². The number of carbonyl (C=O) groups excluding carboxylic acids is 1. The SMILES string of the molecule is COC(=O)CCCC[n+]1ccc(C2=C3C=CC(=N3)C(c3ccncc3)=C3C=CC(=N3)C(c3ccncc3)=C3C=CC(=N3)C(c3ccncc3)=C3C=CC2=N3)cc1. The first-order valence-electron chi connectivity index (χ1n) is 18.5. The number of fused-ring (bicyclic) bond motifs is 4. The minimum atomic E-state index is -0.184. The maximum absolute atomic E-state index is 11.6. The molecule has 4 aromatic rings. The van der Waals surface area contributed by atoms with Gasteiger partial charge >= 0.3 is 5.97 Å². The Balaban J connectivity index is 1.25. The second-order valence-corrected chi connectivity index (χ2v) is 13.4. The summed E-state index contributed by atoms with van der Waals surface area (Å²) in [5.74, 6) is -0.184. The number of aromatic nitrogens is 4. The number of aryl methyl sites for hydroxylation is 1. The first-order valence-corrected chi connectivity index (χ1v) is 18.5. The van der Waals surface area contributed by atoms with Gasteiger partial charge in [-0.15, -0.1) is 0 Å². The van der Waals surface area contributed by atoms with Gasteiger partial charge in [0.25, 0.3) is 0 Å². The molecule has 8 bridgehead atoms. The fourth-order valence-electron chi connectivity index (χ4n) is 7.27. The van der Waals surface area contributed by atoms with Gasteiger partial charge in [0.15, 0.2) is 12.4 Å². The number of methoxy groups -OCH3 is 1. The molecule has 0 amide bonds. The van der Waals surface area contributed by atoms with Crippen LogP contribution in [0.3, 0.4) is 0 Å². The minimum absolute atomic E-state index is 0.184. The van der Waals surface area contributed by atoms with Crippen LogP contribution in [-0.2, 0) is 16.1 Å². The molecule has 0 fully saturated rings. The number of ether oxygens (including phenoxy) is 1. The number of hydrogen-bond donors (Lipinski definition) is 0. The zero-order valence-corrected chi connectivity index (χ0v) is 30.6. The Labute approximate surface area is 323 Å². The van der Waals surface area contributed by atoms with E-state index in [2.05, 4.69) is 68.3 Å². The third-order valence-corrected chi connectivity index (χ3v) is 9.97. The number of hydrogen-bond acceptors (Lipinski definition) is 9. The van der Waals surface area contributed by atoms with E-state index >= 15 is 0 Å². The normalized spacial score (nSPS) is 16.9. The number of aliphatic imine (C=N–C) groups is 4. The van der Waals surface area contributed by atoms with E-state index in [1.807, 2.05) is 60.7 Å². The van der Waals surface area contributed by atoms with Crippen LogP contribution in [0.2, 0.25) is 0 Å². The third-order valence-electron chi connectivity index (χ3n) is 9.97. The summed E-state index contributed by atoms with van der Waals surface area (Å²) >= 11 is 0. The maximum Gasteiger partial charge on any atom is 0.305 e. The van der Waals surface area contributed by atoms with Crippen LogP contribution in [0.25, 0.3) is 22.3 Å². The van der Waals surface area contributed by atoms with Crippen LogP contribution in [0.1, 0.15) is 41.5 Å². The van der Waals surface area contributed by atoms with Crippen molar-refractivity contribution in [2.45, 2.75) is 25.8 Å². The molecule has 0 aliphatic carbocycles. The van der Waals surface area contributed by atoms with Gasteiger partial charge in [-0.1, -0.05) is 0 Å². The summed E-state index contributed by atoms with van der Waals surface area (Å²) in [5, 5.41) is 0. The summed E-state index contributed by atoms with van der Waals surface area (Å²) in [6.45, 7) is 0.780. The van der Waals surface area contributed by atoms with Crippen molar-refractivity contribution in [3.8, 4) is 0 Å². The van der Waals surface area contributed by atoms with Crippen LogP contribution in [0.4, 0.5) is 0 Å². The fraction of sp³-hybridized carbons (Fsp3) is 0.109. The lowest BCUT2D eigenvalue weighted by atomic mass is 9.99. The Morgan fingerprint density at radius 3 is 1.16 bits per heavy atom. The Morgan fingerprint density at radius 2 is 0.821 bits per heavy atom. The smallest absolute Gasteiger partial charge is 0.305 e. The van der Waals surface area contributed by atoms with E-state index in [9.17, 15) is 4.79 Å². The van der Waals surface area contributed by atoms with E-state index in [4.69, 9.17) is 24.7 Å². The van der Waals surface area contributed by atoms with Gasteiger partial charge < -0.3 is 4.74 Å². The van der Waals surface area contributed by atoms with Gasteiger partial charge in [-0.05, 0) is 114 Å². The molecule has 0 radical (unpaired) electrons. The van der Waals surface area contributed by atoms with Crippen LogP contribution in [0, 0.1) is 0 Å². The molecule has 0 spiro atoms. The van der Waals surface area contributed by atoms with Gasteiger partial charge in [0.2, 0.25) is 0 Å². The first kappa shape index (κ1) is 34.4. The minimum Gasteiger partial charge on any atom is -0.469 e. The first-order chi connectivity index (χ1) is 27.6. The van der Waals surface area contributed by atoms with Crippen LogP contribution in [0.15, 0.2) is 189 Å². The molecular formula is C46H35N8O2+. The number of allylic oxidation sites excluding steroid dienone is 12. The van der Waals surface area contributed by atoms with Crippen LogP contribution < -0.4 is 4.57 Å². The molecule has 10 heteroatoms. The number of nitrogens with zero attached hydrogens (tertiary/aromatic N) is 8. The number of unbranched alkanes of at least 4 members (excludes halogenated alkanes) is 1. The molecule has 9 heterocycles. The number of rotatable bonds is 9. The number of carbonyl (C=O) groups is 1. The van der Waals surface area contributed by atoms with Crippen molar-refractivity contribution in [2.75, 3.05) is 7.11 Å². The molecule has 0 aromatic carbocycles. The van der Waals surface area contributed by atoms with E-state index in [1.54, 1.807) is 37.2 Å². The highest BCUT2D eigenvalue weighted by molar-refractivity contribution is 6.39. The van der Waals surface area contributed by atoms with Gasteiger partial charge in [0.1, 0.15) is 6.54 Å². The van der Waals surface area contributed by atoms with Crippen molar-refractivity contribution in [1.29, 1.82) is 0 Å². The summed E-state index contributed by atoms with van der Waals surface area (Å²) in [4.78, 5) is 45.7. The van der Waals surface area contributed by atoms with Gasteiger partial charge in [-0.3, -0.25) is 19.7 Å². The van der Waals surface area contributed by atoms with Crippen LogP contribution in [-0.4, -0.2) is 50.9 Å². The summed E-state index contributed by atoms with van der Waals surface area (Å²) < 4.78 is 6.93. The standard InChI is InChI=1S/C46H35N8O2/c1-56-42(55)4-2-3-27-54-28-19-33(20-29-54)46-40-11-9-38(52-40)44(31-15-23-48-24-16-31)36-7-5-34(50-36)43(30-13-21-47-22-14-30)35-6-8-37(51-35)45(32-17-25-49-26-18-32)39-10-12-41(46)53-39/h5-26,28-29H,2-4,27H2,1H3/q+1. The van der Waals surface area contributed by atoms with Crippen LogP contribution in [0.5, 0.6) is 0 Å². The molecule has 0 unspecified atom stereocenters. The van der Waals surface area contributed by atoms with Gasteiger partial charge in [0.05, 0.1) is 52.7 Å². The predicted molar refractivity (Wildman–Crippen MR) is 219 cm³/mol. The molecule has 0 saturated carbocycles. The molecular weight excluding hydrogens is 697 g/mol. The molecule has 5 aliphatic heterocycles. The number of pyridine rings is 4. The quantitative estimate of drug-likeness (QED) is 0.100. The highest BCUT2D eigenvalue weighted by atomic mass is 16.5.